The number of benzene rings is 2. The van der Waals surface area contributed by atoms with Gasteiger partial charge in [-0.25, -0.2) is 18.4 Å². The molecule has 0 radical (unpaired) electrons. The standard InChI is InChI=1S/C23H25N5O4S/c1-5-13-28(20-11-6-7-12-21(20)32-4)33(30,31)19-10-8-9-18(15-19)22(29)26-27-23-24-16(2)14-17(3)25-23/h5-12,14-15H,1,13H2,2-4H3,(H,26,29)(H,24,25,27). The summed E-state index contributed by atoms with van der Waals surface area (Å²) >= 11 is 0. The average Bonchev–Trinajstić information content (AvgIpc) is 2.80. The summed E-state index contributed by atoms with van der Waals surface area (Å²) in [6.45, 7) is 7.31. The molecule has 9 nitrogen and oxygen atoms in total. The molecule has 0 aliphatic carbocycles. The molecular weight excluding hydrogens is 442 g/mol. The molecule has 1 aromatic heterocycles. The first kappa shape index (κ1) is 23.7. The molecule has 33 heavy (non-hydrogen) atoms. The molecular formula is C23H25N5O4S. The maximum atomic E-state index is 13.5. The summed E-state index contributed by atoms with van der Waals surface area (Å²) in [5.74, 6) is 0.0924. The van der Waals surface area contributed by atoms with Crippen LogP contribution in [0, 0.1) is 13.8 Å². The van der Waals surface area contributed by atoms with Gasteiger partial charge in [-0.1, -0.05) is 24.3 Å². The molecule has 3 aromatic rings. The number of nitrogens with one attached hydrogen (secondary N) is 2. The number of nitrogens with zero attached hydrogens (tertiary/aromatic N) is 3. The Balaban J connectivity index is 1.88. The Morgan fingerprint density at radius 3 is 2.45 bits per heavy atom. The Morgan fingerprint density at radius 2 is 1.79 bits per heavy atom. The van der Waals surface area contributed by atoms with E-state index in [2.05, 4.69) is 27.4 Å². The fraction of sp³-hybridized carbons (Fsp3) is 0.174. The van der Waals surface area contributed by atoms with E-state index in [9.17, 15) is 13.2 Å². The van der Waals surface area contributed by atoms with Gasteiger partial charge in [0.2, 0.25) is 5.95 Å². The Bertz CT molecular complexity index is 1260. The minimum absolute atomic E-state index is 0.0186. The molecule has 3 rings (SSSR count). The van der Waals surface area contributed by atoms with E-state index >= 15 is 0 Å². The van der Waals surface area contributed by atoms with Gasteiger partial charge < -0.3 is 4.74 Å². The number of hydrogen-bond acceptors (Lipinski definition) is 7. The predicted octanol–water partition coefficient (Wildman–Crippen LogP) is 3.24. The third kappa shape index (κ3) is 5.47. The fourth-order valence-corrected chi connectivity index (χ4v) is 4.66. The van der Waals surface area contributed by atoms with Crippen molar-refractivity contribution < 1.29 is 17.9 Å². The van der Waals surface area contributed by atoms with Crippen LogP contribution in [0.4, 0.5) is 11.6 Å². The van der Waals surface area contributed by atoms with E-state index in [1.54, 1.807) is 30.3 Å². The van der Waals surface area contributed by atoms with Gasteiger partial charge >= 0.3 is 0 Å². The Hall–Kier alpha value is -3.92. The number of carbonyl (C=O) groups is 1. The molecule has 0 aliphatic rings. The van der Waals surface area contributed by atoms with Crippen molar-refractivity contribution in [1.29, 1.82) is 0 Å². The Morgan fingerprint density at radius 1 is 1.09 bits per heavy atom. The molecule has 0 fully saturated rings. The van der Waals surface area contributed by atoms with Gasteiger partial charge in [-0.05, 0) is 50.2 Å². The van der Waals surface area contributed by atoms with Crippen molar-refractivity contribution in [1.82, 2.24) is 15.4 Å². The predicted molar refractivity (Wildman–Crippen MR) is 127 cm³/mol. The molecule has 1 amide bonds. The van der Waals surface area contributed by atoms with Crippen LogP contribution in [0.3, 0.4) is 0 Å². The van der Waals surface area contributed by atoms with Crippen LogP contribution >= 0.6 is 0 Å². The third-order valence-corrected chi connectivity index (χ3v) is 6.38. The maximum absolute atomic E-state index is 13.5. The van der Waals surface area contributed by atoms with Crippen LogP contribution in [-0.4, -0.2) is 37.9 Å². The molecule has 2 N–H and O–H groups in total. The van der Waals surface area contributed by atoms with Crippen LogP contribution in [0.25, 0.3) is 0 Å². The first-order chi connectivity index (χ1) is 15.8. The van der Waals surface area contributed by atoms with Crippen LogP contribution in [0.1, 0.15) is 21.7 Å². The van der Waals surface area contributed by atoms with Gasteiger partial charge in [-0.2, -0.15) is 0 Å². The van der Waals surface area contributed by atoms with Crippen molar-refractivity contribution in [2.45, 2.75) is 18.7 Å². The summed E-state index contributed by atoms with van der Waals surface area (Å²) in [6, 6.07) is 14.3. The molecule has 0 saturated heterocycles. The van der Waals surface area contributed by atoms with Crippen molar-refractivity contribution in [2.24, 2.45) is 0 Å². The number of sulfonamides is 1. The van der Waals surface area contributed by atoms with Crippen molar-refractivity contribution in [3.05, 3.63) is 84.2 Å². The van der Waals surface area contributed by atoms with Crippen LogP contribution in [-0.2, 0) is 10.0 Å². The summed E-state index contributed by atoms with van der Waals surface area (Å²) in [5, 5.41) is 0. The lowest BCUT2D eigenvalue weighted by Gasteiger charge is -2.25. The lowest BCUT2D eigenvalue weighted by Crippen LogP contribution is -2.33. The summed E-state index contributed by atoms with van der Waals surface area (Å²) in [4.78, 5) is 21.0. The normalized spacial score (nSPS) is 10.9. The van der Waals surface area contributed by atoms with Gasteiger partial charge in [-0.15, -0.1) is 6.58 Å². The summed E-state index contributed by atoms with van der Waals surface area (Å²) in [7, 11) is -2.56. The lowest BCUT2D eigenvalue weighted by atomic mass is 10.2. The number of amides is 1. The highest BCUT2D eigenvalue weighted by molar-refractivity contribution is 7.92. The topological polar surface area (TPSA) is 114 Å². The molecule has 0 saturated carbocycles. The maximum Gasteiger partial charge on any atom is 0.269 e. The van der Waals surface area contributed by atoms with Crippen molar-refractivity contribution in [2.75, 3.05) is 23.4 Å². The second-order valence-electron chi connectivity index (χ2n) is 7.08. The smallest absolute Gasteiger partial charge is 0.269 e. The number of anilines is 2. The SMILES string of the molecule is C=CCN(c1ccccc1OC)S(=O)(=O)c1cccc(C(=O)NNc2nc(C)cc(C)n2)c1. The number of hydrogen-bond donors (Lipinski definition) is 2. The zero-order chi connectivity index (χ0) is 24.0. The zero-order valence-corrected chi connectivity index (χ0v) is 19.4. The molecule has 0 aliphatic heterocycles. The molecule has 172 valence electrons. The van der Waals surface area contributed by atoms with Gasteiger partial charge in [0.15, 0.2) is 0 Å². The number of rotatable bonds is 9. The van der Waals surface area contributed by atoms with Gasteiger partial charge in [0.1, 0.15) is 5.75 Å². The highest BCUT2D eigenvalue weighted by Gasteiger charge is 2.27. The van der Waals surface area contributed by atoms with Crippen molar-refractivity contribution in [3.8, 4) is 5.75 Å². The first-order valence-corrected chi connectivity index (χ1v) is 11.5. The van der Waals surface area contributed by atoms with E-state index in [1.165, 1.54) is 41.8 Å². The zero-order valence-electron chi connectivity index (χ0n) is 18.6. The monoisotopic (exact) mass is 467 g/mol. The highest BCUT2D eigenvalue weighted by atomic mass is 32.2. The number of aromatic nitrogens is 2. The quantitative estimate of drug-likeness (QED) is 0.367. The van der Waals surface area contributed by atoms with E-state index in [-0.39, 0.29) is 23.0 Å². The molecule has 10 heteroatoms. The van der Waals surface area contributed by atoms with E-state index in [1.807, 2.05) is 13.8 Å². The summed E-state index contributed by atoms with van der Waals surface area (Å²) in [5.41, 5.74) is 7.14. The first-order valence-electron chi connectivity index (χ1n) is 10.0. The molecule has 2 aromatic carbocycles. The van der Waals surface area contributed by atoms with E-state index < -0.39 is 15.9 Å². The number of hydrazine groups is 1. The van der Waals surface area contributed by atoms with E-state index in [0.717, 1.165) is 11.4 Å². The van der Waals surface area contributed by atoms with Crippen LogP contribution in [0.15, 0.2) is 72.1 Å². The molecule has 0 spiro atoms. The van der Waals surface area contributed by atoms with Gasteiger partial charge in [0.25, 0.3) is 15.9 Å². The fourth-order valence-electron chi connectivity index (χ4n) is 3.17. The second kappa shape index (κ2) is 10.1. The van der Waals surface area contributed by atoms with Crippen molar-refractivity contribution in [3.63, 3.8) is 0 Å². The van der Waals surface area contributed by atoms with Crippen LogP contribution in [0.2, 0.25) is 0 Å². The van der Waals surface area contributed by atoms with Crippen LogP contribution < -0.4 is 19.9 Å². The minimum Gasteiger partial charge on any atom is -0.495 e. The van der Waals surface area contributed by atoms with E-state index in [0.29, 0.717) is 11.4 Å². The minimum atomic E-state index is -4.03. The average molecular weight is 468 g/mol. The Labute approximate surface area is 193 Å². The number of carbonyl (C=O) groups excluding carboxylic acids is 1. The summed E-state index contributed by atoms with van der Waals surface area (Å²) in [6.07, 6.45) is 1.48. The number of ether oxygens (including phenoxy) is 1. The number of aryl methyl sites for hydroxylation is 2. The van der Waals surface area contributed by atoms with Gasteiger partial charge in [0, 0.05) is 17.0 Å². The molecule has 0 bridgehead atoms. The number of para-hydroxylation sites is 2. The van der Waals surface area contributed by atoms with Crippen LogP contribution in [0.5, 0.6) is 5.75 Å². The largest absolute Gasteiger partial charge is 0.495 e. The van der Waals surface area contributed by atoms with E-state index in [4.69, 9.17) is 4.74 Å². The highest BCUT2D eigenvalue weighted by Crippen LogP contribution is 2.32. The third-order valence-electron chi connectivity index (χ3n) is 4.60. The Kier molecular flexibility index (Phi) is 7.29. The van der Waals surface area contributed by atoms with Gasteiger partial charge in [-0.3, -0.25) is 20.0 Å². The second-order valence-corrected chi connectivity index (χ2v) is 8.94. The summed E-state index contributed by atoms with van der Waals surface area (Å²) < 4.78 is 33.5. The molecule has 0 atom stereocenters. The number of methoxy groups -OCH3 is 1. The lowest BCUT2D eigenvalue weighted by molar-refractivity contribution is 0.0962. The van der Waals surface area contributed by atoms with Gasteiger partial charge in [0.05, 0.1) is 24.2 Å². The molecule has 0 unspecified atom stereocenters. The van der Waals surface area contributed by atoms with Crippen molar-refractivity contribution >= 4 is 27.6 Å². The molecule has 1 heterocycles.